The first kappa shape index (κ1) is 70.3. The summed E-state index contributed by atoms with van der Waals surface area (Å²) in [5.74, 6) is -0.0299. The Bertz CT molecular complexity index is 1120. The summed E-state index contributed by atoms with van der Waals surface area (Å²) in [6, 6.07) is -0.543. The first-order valence-corrected chi connectivity index (χ1v) is 32.6. The maximum absolute atomic E-state index is 12.5. The van der Waals surface area contributed by atoms with Crippen LogP contribution in [0.1, 0.15) is 361 Å². The van der Waals surface area contributed by atoms with E-state index >= 15 is 0 Å². The van der Waals surface area contributed by atoms with E-state index in [0.29, 0.717) is 25.9 Å². The Morgan fingerprint density at radius 1 is 0.375 bits per heavy atom. The normalized spacial score (nSPS) is 12.7. The van der Waals surface area contributed by atoms with Crippen LogP contribution in [0.2, 0.25) is 0 Å². The van der Waals surface area contributed by atoms with E-state index in [1.165, 1.54) is 283 Å². The van der Waals surface area contributed by atoms with Gasteiger partial charge < -0.3 is 20.3 Å². The maximum Gasteiger partial charge on any atom is 0.305 e. The van der Waals surface area contributed by atoms with Crippen molar-refractivity contribution in [3.05, 3.63) is 24.3 Å². The number of aliphatic hydroxyl groups is 2. The van der Waals surface area contributed by atoms with Gasteiger partial charge in [-0.15, -0.1) is 0 Å². The SMILES string of the molecule is CCCCCCCC/C=C\CCCCCCCC(=O)OCCCCCCCCCCCCCC/C=C\CCCCCCCCCCCC(=O)NC(CO)C(O)CCCCCCCCCCCCCCCCC. The van der Waals surface area contributed by atoms with Gasteiger partial charge in [-0.3, -0.25) is 9.59 Å². The van der Waals surface area contributed by atoms with Gasteiger partial charge in [0.1, 0.15) is 0 Å². The van der Waals surface area contributed by atoms with Crippen LogP contribution >= 0.6 is 0 Å². The number of esters is 1. The van der Waals surface area contributed by atoms with E-state index in [9.17, 15) is 19.8 Å². The van der Waals surface area contributed by atoms with Gasteiger partial charge in [0.15, 0.2) is 0 Å². The number of unbranched alkanes of at least 4 members (excludes halogenated alkanes) is 46. The number of amides is 1. The van der Waals surface area contributed by atoms with Gasteiger partial charge in [0.25, 0.3) is 0 Å². The van der Waals surface area contributed by atoms with Crippen molar-refractivity contribution >= 4 is 11.9 Å². The fourth-order valence-electron chi connectivity index (χ4n) is 10.2. The Morgan fingerprint density at radius 2 is 0.653 bits per heavy atom. The van der Waals surface area contributed by atoms with E-state index in [4.69, 9.17) is 4.74 Å². The zero-order chi connectivity index (χ0) is 52.2. The second-order valence-corrected chi connectivity index (χ2v) is 22.4. The molecule has 0 aromatic rings. The van der Waals surface area contributed by atoms with E-state index in [0.717, 1.165) is 44.9 Å². The molecule has 0 rings (SSSR count). The van der Waals surface area contributed by atoms with Crippen molar-refractivity contribution in [3.63, 3.8) is 0 Å². The summed E-state index contributed by atoms with van der Waals surface area (Å²) >= 11 is 0. The standard InChI is InChI=1S/C66H127NO5/c1-3-5-7-9-11-13-15-17-30-34-38-42-46-50-54-58-64(69)63(62-68)67-65(70)59-55-51-47-43-39-35-32-28-26-24-22-20-19-21-23-25-27-29-33-37-41-45-49-53-57-61-72-66(71)60-56-52-48-44-40-36-31-18-16-14-12-10-8-6-4-2/h18,20,22,31,63-64,68-69H,3-17,19,21,23-30,32-62H2,1-2H3,(H,67,70)/b22-20-,31-18-. The molecule has 0 fully saturated rings. The van der Waals surface area contributed by atoms with Gasteiger partial charge in [0.05, 0.1) is 25.4 Å². The molecule has 1 amide bonds. The molecule has 0 aromatic heterocycles. The third-order valence-corrected chi connectivity index (χ3v) is 15.2. The number of carbonyl (C=O) groups is 2. The molecule has 72 heavy (non-hydrogen) atoms. The van der Waals surface area contributed by atoms with Crippen molar-refractivity contribution in [3.8, 4) is 0 Å². The summed E-state index contributed by atoms with van der Waals surface area (Å²) in [4.78, 5) is 24.6. The van der Waals surface area contributed by atoms with Crippen LogP contribution in [0.5, 0.6) is 0 Å². The monoisotopic (exact) mass is 1010 g/mol. The molecule has 6 nitrogen and oxygen atoms in total. The Morgan fingerprint density at radius 3 is 0.986 bits per heavy atom. The highest BCUT2D eigenvalue weighted by Crippen LogP contribution is 2.18. The largest absolute Gasteiger partial charge is 0.466 e. The molecule has 0 spiro atoms. The lowest BCUT2D eigenvalue weighted by molar-refractivity contribution is -0.143. The van der Waals surface area contributed by atoms with E-state index < -0.39 is 12.1 Å². The molecule has 0 radical (unpaired) electrons. The number of allylic oxidation sites excluding steroid dienone is 4. The van der Waals surface area contributed by atoms with Crippen LogP contribution < -0.4 is 5.32 Å². The molecule has 0 bridgehead atoms. The number of hydrogen-bond acceptors (Lipinski definition) is 5. The molecule has 3 N–H and O–H groups in total. The topological polar surface area (TPSA) is 95.9 Å². The van der Waals surface area contributed by atoms with Crippen molar-refractivity contribution in [1.29, 1.82) is 0 Å². The average Bonchev–Trinajstić information content (AvgIpc) is 3.38. The molecule has 0 heterocycles. The van der Waals surface area contributed by atoms with Gasteiger partial charge in [-0.2, -0.15) is 0 Å². The third kappa shape index (κ3) is 57.6. The molecule has 2 unspecified atom stereocenters. The molecule has 0 saturated carbocycles. The van der Waals surface area contributed by atoms with Gasteiger partial charge in [0, 0.05) is 12.8 Å². The summed E-state index contributed by atoms with van der Waals surface area (Å²) in [5, 5.41) is 23.3. The highest BCUT2D eigenvalue weighted by atomic mass is 16.5. The molecule has 0 saturated heterocycles. The number of aliphatic hydroxyl groups excluding tert-OH is 2. The molecule has 0 aliphatic heterocycles. The summed E-state index contributed by atoms with van der Waals surface area (Å²) < 4.78 is 5.48. The van der Waals surface area contributed by atoms with E-state index in [1.807, 2.05) is 0 Å². The van der Waals surface area contributed by atoms with Crippen LogP contribution in [0.4, 0.5) is 0 Å². The zero-order valence-electron chi connectivity index (χ0n) is 48.7. The highest BCUT2D eigenvalue weighted by Gasteiger charge is 2.20. The van der Waals surface area contributed by atoms with Gasteiger partial charge in [0.2, 0.25) is 5.91 Å². The Kier molecular flexibility index (Phi) is 60.5. The van der Waals surface area contributed by atoms with Crippen LogP contribution in [-0.2, 0) is 14.3 Å². The van der Waals surface area contributed by atoms with Crippen molar-refractivity contribution in [2.75, 3.05) is 13.2 Å². The smallest absolute Gasteiger partial charge is 0.305 e. The predicted molar refractivity (Wildman–Crippen MR) is 315 cm³/mol. The van der Waals surface area contributed by atoms with Crippen LogP contribution in [0.3, 0.4) is 0 Å². The average molecular weight is 1010 g/mol. The van der Waals surface area contributed by atoms with E-state index in [2.05, 4.69) is 43.5 Å². The molecular formula is C66H127NO5. The first-order chi connectivity index (χ1) is 35.5. The van der Waals surface area contributed by atoms with Crippen LogP contribution in [-0.4, -0.2) is 47.4 Å². The Labute approximate surface area is 450 Å². The number of hydrogen-bond donors (Lipinski definition) is 3. The lowest BCUT2D eigenvalue weighted by atomic mass is 10.0. The molecular weight excluding hydrogens is 887 g/mol. The fourth-order valence-corrected chi connectivity index (χ4v) is 10.2. The minimum atomic E-state index is -0.666. The number of rotatable bonds is 61. The molecule has 426 valence electrons. The minimum Gasteiger partial charge on any atom is -0.466 e. The van der Waals surface area contributed by atoms with Crippen LogP contribution in [0, 0.1) is 0 Å². The lowest BCUT2D eigenvalue weighted by Gasteiger charge is -2.22. The quantitative estimate of drug-likeness (QED) is 0.0320. The fraction of sp³-hybridized carbons (Fsp3) is 0.909. The van der Waals surface area contributed by atoms with Crippen molar-refractivity contribution < 1.29 is 24.5 Å². The second-order valence-electron chi connectivity index (χ2n) is 22.4. The van der Waals surface area contributed by atoms with Crippen molar-refractivity contribution in [2.45, 2.75) is 373 Å². The molecule has 6 heteroatoms. The summed E-state index contributed by atoms with van der Waals surface area (Å²) in [6.07, 6.45) is 76.3. The Hall–Kier alpha value is -1.66. The second kappa shape index (κ2) is 61.9. The zero-order valence-corrected chi connectivity index (χ0v) is 48.7. The van der Waals surface area contributed by atoms with Gasteiger partial charge >= 0.3 is 5.97 Å². The Balaban J connectivity index is 3.39. The lowest BCUT2D eigenvalue weighted by Crippen LogP contribution is -2.45. The molecule has 0 aliphatic rings. The number of nitrogens with one attached hydrogen (secondary N) is 1. The van der Waals surface area contributed by atoms with E-state index in [-0.39, 0.29) is 18.5 Å². The first-order valence-electron chi connectivity index (χ1n) is 32.6. The number of carbonyl (C=O) groups excluding carboxylic acids is 2. The third-order valence-electron chi connectivity index (χ3n) is 15.2. The minimum absolute atomic E-state index is 0.00601. The van der Waals surface area contributed by atoms with Gasteiger partial charge in [-0.05, 0) is 77.0 Å². The number of ether oxygens (including phenoxy) is 1. The maximum atomic E-state index is 12.5. The van der Waals surface area contributed by atoms with E-state index in [1.54, 1.807) is 0 Å². The summed E-state index contributed by atoms with van der Waals surface area (Å²) in [7, 11) is 0. The van der Waals surface area contributed by atoms with Crippen LogP contribution in [0.25, 0.3) is 0 Å². The summed E-state index contributed by atoms with van der Waals surface area (Å²) in [6.45, 7) is 4.97. The molecule has 2 atom stereocenters. The van der Waals surface area contributed by atoms with Gasteiger partial charge in [-0.1, -0.05) is 295 Å². The van der Waals surface area contributed by atoms with Crippen molar-refractivity contribution in [1.82, 2.24) is 5.32 Å². The van der Waals surface area contributed by atoms with Crippen molar-refractivity contribution in [2.24, 2.45) is 0 Å². The van der Waals surface area contributed by atoms with Gasteiger partial charge in [-0.25, -0.2) is 0 Å². The highest BCUT2D eigenvalue weighted by molar-refractivity contribution is 5.76. The summed E-state index contributed by atoms with van der Waals surface area (Å²) in [5.41, 5.74) is 0. The predicted octanol–water partition coefficient (Wildman–Crippen LogP) is 20.6. The molecule has 0 aliphatic carbocycles. The molecule has 0 aromatic carbocycles. The van der Waals surface area contributed by atoms with Crippen LogP contribution in [0.15, 0.2) is 24.3 Å².